The maximum Gasteiger partial charge on any atom is 0.328 e. The van der Waals surface area contributed by atoms with Crippen molar-refractivity contribution < 1.29 is 39.3 Å². The molecule has 1 aromatic rings. The molecule has 0 aliphatic rings. The van der Waals surface area contributed by atoms with Gasteiger partial charge in [0.05, 0.1) is 13.2 Å². The largest absolute Gasteiger partial charge is 0.480 e. The molecule has 4 amide bonds. The number of primary amides is 1. The Morgan fingerprint density at radius 3 is 1.88 bits per heavy atom. The molecule has 0 radical (unpaired) electrons. The number of carbonyl (C=O) groups excluding carboxylic acids is 4. The third-order valence-electron chi connectivity index (χ3n) is 4.56. The second-order valence-electron chi connectivity index (χ2n) is 7.19. The molecule has 0 saturated carbocycles. The Kier molecular flexibility index (Phi) is 11.5. The fourth-order valence-corrected chi connectivity index (χ4v) is 2.71. The van der Waals surface area contributed by atoms with Crippen molar-refractivity contribution in [2.45, 2.75) is 43.4 Å². The highest BCUT2D eigenvalue weighted by Gasteiger charge is 2.30. The van der Waals surface area contributed by atoms with Crippen LogP contribution in [0, 0.1) is 0 Å². The summed E-state index contributed by atoms with van der Waals surface area (Å²) in [6.45, 7) is -1.56. The van der Waals surface area contributed by atoms with E-state index in [0.29, 0.717) is 5.56 Å². The van der Waals surface area contributed by atoms with Gasteiger partial charge in [-0.3, -0.25) is 19.2 Å². The lowest BCUT2D eigenvalue weighted by atomic mass is 10.0. The van der Waals surface area contributed by atoms with Gasteiger partial charge in [0.2, 0.25) is 23.6 Å². The Hall–Kier alpha value is -3.55. The fraction of sp³-hybridized carbons (Fsp3) is 0.450. The Balaban J connectivity index is 3.07. The van der Waals surface area contributed by atoms with Crippen molar-refractivity contribution in [2.75, 3.05) is 13.2 Å². The number of rotatable bonds is 14. The highest BCUT2D eigenvalue weighted by molar-refractivity contribution is 5.94. The van der Waals surface area contributed by atoms with Gasteiger partial charge < -0.3 is 42.7 Å². The van der Waals surface area contributed by atoms with Crippen LogP contribution in [0.15, 0.2) is 30.3 Å². The highest BCUT2D eigenvalue weighted by Crippen LogP contribution is 2.06. The first-order valence-corrected chi connectivity index (χ1v) is 10.0. The van der Waals surface area contributed by atoms with Crippen LogP contribution in [0.5, 0.6) is 0 Å². The summed E-state index contributed by atoms with van der Waals surface area (Å²) in [5.41, 5.74) is 11.3. The van der Waals surface area contributed by atoms with E-state index in [4.69, 9.17) is 26.8 Å². The van der Waals surface area contributed by atoms with E-state index >= 15 is 0 Å². The summed E-state index contributed by atoms with van der Waals surface area (Å²) in [7, 11) is 0. The van der Waals surface area contributed by atoms with Crippen molar-refractivity contribution in [1.82, 2.24) is 16.0 Å². The van der Waals surface area contributed by atoms with Crippen LogP contribution in [-0.2, 0) is 30.4 Å². The fourth-order valence-electron chi connectivity index (χ4n) is 2.71. The third kappa shape index (κ3) is 9.64. The zero-order chi connectivity index (χ0) is 25.0. The summed E-state index contributed by atoms with van der Waals surface area (Å²) in [4.78, 5) is 59.9. The smallest absolute Gasteiger partial charge is 0.328 e. The molecular formula is C20H29N5O8. The van der Waals surface area contributed by atoms with E-state index in [2.05, 4.69) is 16.0 Å². The molecule has 1 rings (SSSR count). The number of carboxylic acid groups (broad SMARTS) is 1. The number of carbonyl (C=O) groups is 5. The summed E-state index contributed by atoms with van der Waals surface area (Å²) in [6.07, 6.45) is -0.553. The molecule has 0 aliphatic carbocycles. The average Bonchev–Trinajstić information content (AvgIpc) is 2.78. The second kappa shape index (κ2) is 13.8. The van der Waals surface area contributed by atoms with Crippen molar-refractivity contribution in [3.8, 4) is 0 Å². The standard InChI is InChI=1S/C20H29N5O8/c21-12(9-26)17(29)24-14(8-11-4-2-1-3-5-11)19(31)23-13(6-7-16(22)28)18(30)25-15(10-27)20(32)33/h1-5,12-15,26-27H,6-10,21H2,(H2,22,28)(H,23,31)(H,24,29)(H,25,30)(H,32,33). The summed E-state index contributed by atoms with van der Waals surface area (Å²) in [6, 6.07) is 3.07. The van der Waals surface area contributed by atoms with Gasteiger partial charge in [-0.15, -0.1) is 0 Å². The van der Waals surface area contributed by atoms with E-state index in [-0.39, 0.29) is 19.3 Å². The Morgan fingerprint density at radius 1 is 0.818 bits per heavy atom. The number of benzene rings is 1. The molecule has 0 saturated heterocycles. The predicted molar refractivity (Wildman–Crippen MR) is 114 cm³/mol. The van der Waals surface area contributed by atoms with Crippen molar-refractivity contribution in [1.29, 1.82) is 0 Å². The van der Waals surface area contributed by atoms with E-state index in [1.807, 2.05) is 0 Å². The van der Waals surface area contributed by atoms with Crippen LogP contribution in [-0.4, -0.2) is 82.3 Å². The average molecular weight is 467 g/mol. The number of aliphatic hydroxyl groups excluding tert-OH is 2. The van der Waals surface area contributed by atoms with Crippen LogP contribution in [0.25, 0.3) is 0 Å². The molecular weight excluding hydrogens is 438 g/mol. The lowest BCUT2D eigenvalue weighted by molar-refractivity contribution is -0.143. The van der Waals surface area contributed by atoms with Gasteiger partial charge in [0.25, 0.3) is 0 Å². The van der Waals surface area contributed by atoms with Crippen LogP contribution in [0.2, 0.25) is 0 Å². The summed E-state index contributed by atoms with van der Waals surface area (Å²) in [5.74, 6) is -4.86. The van der Waals surface area contributed by atoms with Gasteiger partial charge in [0, 0.05) is 12.8 Å². The number of nitrogens with two attached hydrogens (primary N) is 2. The number of hydrogen-bond donors (Lipinski definition) is 8. The first kappa shape index (κ1) is 27.5. The molecule has 0 aromatic heterocycles. The van der Waals surface area contributed by atoms with Crippen LogP contribution < -0.4 is 27.4 Å². The number of carboxylic acids is 1. The summed E-state index contributed by atoms with van der Waals surface area (Å²) >= 11 is 0. The molecule has 0 aliphatic heterocycles. The van der Waals surface area contributed by atoms with Crippen LogP contribution in [0.3, 0.4) is 0 Å². The van der Waals surface area contributed by atoms with Gasteiger partial charge in [-0.2, -0.15) is 0 Å². The van der Waals surface area contributed by atoms with Crippen LogP contribution in [0.4, 0.5) is 0 Å². The topological polar surface area (TPSA) is 234 Å². The predicted octanol–water partition coefficient (Wildman–Crippen LogP) is -3.65. The lowest BCUT2D eigenvalue weighted by Gasteiger charge is -2.24. The minimum atomic E-state index is -1.63. The zero-order valence-corrected chi connectivity index (χ0v) is 17.8. The van der Waals surface area contributed by atoms with E-state index in [1.54, 1.807) is 30.3 Å². The SMILES string of the molecule is NC(=O)CCC(NC(=O)C(Cc1ccccc1)NC(=O)C(N)CO)C(=O)NC(CO)C(=O)O. The number of aliphatic hydroxyl groups is 2. The maximum absolute atomic E-state index is 13.0. The Morgan fingerprint density at radius 2 is 1.36 bits per heavy atom. The van der Waals surface area contributed by atoms with E-state index in [0.717, 1.165) is 0 Å². The number of hydrogen-bond acceptors (Lipinski definition) is 8. The van der Waals surface area contributed by atoms with Crippen LogP contribution in [0.1, 0.15) is 18.4 Å². The van der Waals surface area contributed by atoms with Crippen molar-refractivity contribution in [2.24, 2.45) is 11.5 Å². The van der Waals surface area contributed by atoms with E-state index < -0.39 is 67.0 Å². The monoisotopic (exact) mass is 467 g/mol. The molecule has 0 bridgehead atoms. The minimum absolute atomic E-state index is 0.00904. The van der Waals surface area contributed by atoms with Gasteiger partial charge in [-0.25, -0.2) is 4.79 Å². The molecule has 0 spiro atoms. The molecule has 4 unspecified atom stereocenters. The van der Waals surface area contributed by atoms with Crippen LogP contribution >= 0.6 is 0 Å². The third-order valence-corrected chi connectivity index (χ3v) is 4.56. The van der Waals surface area contributed by atoms with Gasteiger partial charge in [-0.05, 0) is 12.0 Å². The summed E-state index contributed by atoms with van der Waals surface area (Å²) < 4.78 is 0. The molecule has 1 aromatic carbocycles. The number of amides is 4. The molecule has 0 heterocycles. The van der Waals surface area contributed by atoms with Crippen molar-refractivity contribution in [3.63, 3.8) is 0 Å². The maximum atomic E-state index is 13.0. The van der Waals surface area contributed by atoms with E-state index in [1.165, 1.54) is 0 Å². The molecule has 4 atom stereocenters. The Bertz CT molecular complexity index is 835. The quantitative estimate of drug-likeness (QED) is 0.134. The molecule has 0 fully saturated rings. The minimum Gasteiger partial charge on any atom is -0.480 e. The van der Waals surface area contributed by atoms with Crippen molar-refractivity contribution >= 4 is 29.6 Å². The van der Waals surface area contributed by atoms with Crippen molar-refractivity contribution in [3.05, 3.63) is 35.9 Å². The molecule has 182 valence electrons. The number of nitrogens with one attached hydrogen (secondary N) is 3. The molecule has 13 heteroatoms. The van der Waals surface area contributed by atoms with Gasteiger partial charge >= 0.3 is 5.97 Å². The second-order valence-corrected chi connectivity index (χ2v) is 7.19. The Labute approximate surface area is 189 Å². The molecule has 10 N–H and O–H groups in total. The first-order valence-electron chi connectivity index (χ1n) is 10.0. The number of aliphatic carboxylic acids is 1. The summed E-state index contributed by atoms with van der Waals surface area (Å²) in [5, 5.41) is 34.0. The van der Waals surface area contributed by atoms with Gasteiger partial charge in [0.15, 0.2) is 0 Å². The van der Waals surface area contributed by atoms with Gasteiger partial charge in [0.1, 0.15) is 24.2 Å². The highest BCUT2D eigenvalue weighted by atomic mass is 16.4. The molecule has 33 heavy (non-hydrogen) atoms. The van der Waals surface area contributed by atoms with Gasteiger partial charge in [-0.1, -0.05) is 30.3 Å². The molecule has 13 nitrogen and oxygen atoms in total. The van der Waals surface area contributed by atoms with E-state index in [9.17, 15) is 24.0 Å². The normalized spacial score (nSPS) is 14.3. The first-order chi connectivity index (χ1) is 15.6. The lowest BCUT2D eigenvalue weighted by Crippen LogP contribution is -2.58. The zero-order valence-electron chi connectivity index (χ0n) is 17.8.